The molecule has 0 amide bonds. The Hall–Kier alpha value is -0.450. The van der Waals surface area contributed by atoms with E-state index >= 15 is 0 Å². The zero-order valence-corrected chi connectivity index (χ0v) is 12.8. The summed E-state index contributed by atoms with van der Waals surface area (Å²) in [6, 6.07) is 0. The third-order valence-corrected chi connectivity index (χ3v) is 4.46. The summed E-state index contributed by atoms with van der Waals surface area (Å²) < 4.78 is 5.92. The molecule has 2 fully saturated rings. The minimum absolute atomic E-state index is 0.114. The number of β-amino-alcohol motifs (C(OH)–C–C–N with tert-alkyl or cyclic N) is 1. The third kappa shape index (κ3) is 3.01. The standard InChI is InChI=1S/C15H27NO3/c1-13(2)11(12(17)14(3,4)19-13)9-16-8-6-7-15(5,18)10-16/h11,18H,6-10H2,1-5H3. The second-order valence-corrected chi connectivity index (χ2v) is 7.47. The summed E-state index contributed by atoms with van der Waals surface area (Å²) in [5.41, 5.74) is -1.74. The Labute approximate surface area is 116 Å². The number of carbonyl (C=O) groups excluding carboxylic acids is 1. The molecule has 0 aromatic heterocycles. The Kier molecular flexibility index (Phi) is 3.57. The van der Waals surface area contributed by atoms with Crippen molar-refractivity contribution in [3.05, 3.63) is 0 Å². The van der Waals surface area contributed by atoms with Gasteiger partial charge in [0.1, 0.15) is 5.60 Å². The first-order chi connectivity index (χ1) is 8.54. The predicted molar refractivity (Wildman–Crippen MR) is 74.0 cm³/mol. The molecule has 2 atom stereocenters. The monoisotopic (exact) mass is 269 g/mol. The van der Waals surface area contributed by atoms with Crippen LogP contribution in [0.5, 0.6) is 0 Å². The highest BCUT2D eigenvalue weighted by molar-refractivity contribution is 5.91. The van der Waals surface area contributed by atoms with Gasteiger partial charge in [0.05, 0.1) is 17.1 Å². The molecule has 2 aliphatic rings. The Morgan fingerprint density at radius 2 is 1.95 bits per heavy atom. The molecule has 0 bridgehead atoms. The number of carbonyl (C=O) groups is 1. The second-order valence-electron chi connectivity index (χ2n) is 7.47. The maximum Gasteiger partial charge on any atom is 0.171 e. The van der Waals surface area contributed by atoms with Gasteiger partial charge in [-0.2, -0.15) is 0 Å². The fourth-order valence-electron chi connectivity index (χ4n) is 3.55. The lowest BCUT2D eigenvalue weighted by molar-refractivity contribution is -0.132. The van der Waals surface area contributed by atoms with E-state index in [0.717, 1.165) is 19.4 Å². The molecule has 2 rings (SSSR count). The highest BCUT2D eigenvalue weighted by Crippen LogP contribution is 2.40. The number of likely N-dealkylation sites (tertiary alicyclic amines) is 1. The van der Waals surface area contributed by atoms with E-state index in [1.807, 2.05) is 34.6 Å². The van der Waals surface area contributed by atoms with Crippen molar-refractivity contribution in [1.82, 2.24) is 4.90 Å². The largest absolute Gasteiger partial charge is 0.389 e. The number of piperidine rings is 1. The van der Waals surface area contributed by atoms with Gasteiger partial charge in [0.15, 0.2) is 5.78 Å². The molecule has 0 spiro atoms. The van der Waals surface area contributed by atoms with E-state index < -0.39 is 16.8 Å². The van der Waals surface area contributed by atoms with Crippen LogP contribution >= 0.6 is 0 Å². The summed E-state index contributed by atoms with van der Waals surface area (Å²) in [6.07, 6.45) is 1.83. The molecule has 2 aliphatic heterocycles. The normalized spacial score (nSPS) is 38.6. The van der Waals surface area contributed by atoms with E-state index in [1.165, 1.54) is 0 Å². The second kappa shape index (κ2) is 4.54. The van der Waals surface area contributed by atoms with Crippen molar-refractivity contribution < 1.29 is 14.6 Å². The number of aliphatic hydroxyl groups is 1. The highest BCUT2D eigenvalue weighted by Gasteiger charge is 2.53. The number of nitrogens with zero attached hydrogens (tertiary/aromatic N) is 1. The van der Waals surface area contributed by atoms with Crippen LogP contribution in [-0.2, 0) is 9.53 Å². The SMILES string of the molecule is CC1(O)CCCN(CC2C(=O)C(C)(C)OC2(C)C)C1. The first-order valence-electron chi connectivity index (χ1n) is 7.23. The summed E-state index contributed by atoms with van der Waals surface area (Å²) in [6.45, 7) is 11.8. The molecule has 110 valence electrons. The third-order valence-electron chi connectivity index (χ3n) is 4.46. The van der Waals surface area contributed by atoms with Crippen LogP contribution in [0.25, 0.3) is 0 Å². The van der Waals surface area contributed by atoms with Gasteiger partial charge >= 0.3 is 0 Å². The number of hydrogen-bond acceptors (Lipinski definition) is 4. The van der Waals surface area contributed by atoms with Gasteiger partial charge in [-0.3, -0.25) is 9.69 Å². The molecule has 2 heterocycles. The molecule has 0 aliphatic carbocycles. The number of rotatable bonds is 2. The smallest absolute Gasteiger partial charge is 0.171 e. The predicted octanol–water partition coefficient (Wildman–Crippen LogP) is 1.61. The van der Waals surface area contributed by atoms with E-state index in [4.69, 9.17) is 4.74 Å². The fourth-order valence-corrected chi connectivity index (χ4v) is 3.55. The molecule has 0 radical (unpaired) electrons. The van der Waals surface area contributed by atoms with Gasteiger partial charge in [0, 0.05) is 13.1 Å². The van der Waals surface area contributed by atoms with E-state index in [2.05, 4.69) is 4.90 Å². The molecule has 2 saturated heterocycles. The zero-order chi connectivity index (χ0) is 14.5. The summed E-state index contributed by atoms with van der Waals surface area (Å²) >= 11 is 0. The molecule has 1 N–H and O–H groups in total. The Balaban J connectivity index is 2.08. The molecular formula is C15H27NO3. The molecule has 2 unspecified atom stereocenters. The van der Waals surface area contributed by atoms with Gasteiger partial charge < -0.3 is 9.84 Å². The minimum Gasteiger partial charge on any atom is -0.389 e. The quantitative estimate of drug-likeness (QED) is 0.827. The Bertz CT molecular complexity index is 374. The number of Topliss-reactive ketones (excluding diaryl/α,β-unsaturated/α-hetero) is 1. The van der Waals surface area contributed by atoms with Gasteiger partial charge in [-0.05, 0) is 54.0 Å². The number of hydrogen-bond donors (Lipinski definition) is 1. The van der Waals surface area contributed by atoms with E-state index in [0.29, 0.717) is 13.1 Å². The van der Waals surface area contributed by atoms with Crippen LogP contribution in [0.3, 0.4) is 0 Å². The average molecular weight is 269 g/mol. The lowest BCUT2D eigenvalue weighted by atomic mass is 9.84. The molecule has 4 heteroatoms. The molecular weight excluding hydrogens is 242 g/mol. The summed E-state index contributed by atoms with van der Waals surface area (Å²) in [5.74, 6) is 0.0686. The summed E-state index contributed by atoms with van der Waals surface area (Å²) in [7, 11) is 0. The van der Waals surface area contributed by atoms with Crippen LogP contribution in [-0.4, -0.2) is 52.2 Å². The summed E-state index contributed by atoms with van der Waals surface area (Å²) in [4.78, 5) is 14.7. The first kappa shape index (κ1) is 14.9. The van der Waals surface area contributed by atoms with Crippen LogP contribution in [0, 0.1) is 5.92 Å². The number of ketones is 1. The molecule has 19 heavy (non-hydrogen) atoms. The number of ether oxygens (including phenoxy) is 1. The lowest BCUT2D eigenvalue weighted by Crippen LogP contribution is -2.50. The van der Waals surface area contributed by atoms with Crippen molar-refractivity contribution >= 4 is 5.78 Å². The maximum atomic E-state index is 12.5. The topological polar surface area (TPSA) is 49.8 Å². The molecule has 0 saturated carbocycles. The van der Waals surface area contributed by atoms with Gasteiger partial charge in [-0.15, -0.1) is 0 Å². The van der Waals surface area contributed by atoms with Crippen LogP contribution in [0.2, 0.25) is 0 Å². The lowest BCUT2D eigenvalue weighted by Gasteiger charge is -2.39. The van der Waals surface area contributed by atoms with Crippen LogP contribution in [0.4, 0.5) is 0 Å². The van der Waals surface area contributed by atoms with Crippen molar-refractivity contribution in [1.29, 1.82) is 0 Å². The first-order valence-corrected chi connectivity index (χ1v) is 7.23. The van der Waals surface area contributed by atoms with Crippen molar-refractivity contribution in [2.45, 2.75) is 64.3 Å². The van der Waals surface area contributed by atoms with Gasteiger partial charge in [-0.25, -0.2) is 0 Å². The van der Waals surface area contributed by atoms with Crippen molar-refractivity contribution in [2.75, 3.05) is 19.6 Å². The van der Waals surface area contributed by atoms with E-state index in [1.54, 1.807) is 0 Å². The highest BCUT2D eigenvalue weighted by atomic mass is 16.5. The van der Waals surface area contributed by atoms with Crippen LogP contribution in [0.15, 0.2) is 0 Å². The Morgan fingerprint density at radius 1 is 1.32 bits per heavy atom. The van der Waals surface area contributed by atoms with Gasteiger partial charge in [0.25, 0.3) is 0 Å². The van der Waals surface area contributed by atoms with E-state index in [9.17, 15) is 9.90 Å². The average Bonchev–Trinajstić information content (AvgIpc) is 2.35. The minimum atomic E-state index is -0.688. The van der Waals surface area contributed by atoms with E-state index in [-0.39, 0.29) is 11.7 Å². The Morgan fingerprint density at radius 3 is 2.42 bits per heavy atom. The van der Waals surface area contributed by atoms with Crippen molar-refractivity contribution in [2.24, 2.45) is 5.92 Å². The molecule has 0 aromatic rings. The fraction of sp³-hybridized carbons (Fsp3) is 0.933. The van der Waals surface area contributed by atoms with Gasteiger partial charge in [-0.1, -0.05) is 0 Å². The van der Waals surface area contributed by atoms with Gasteiger partial charge in [0.2, 0.25) is 0 Å². The van der Waals surface area contributed by atoms with Crippen molar-refractivity contribution in [3.63, 3.8) is 0 Å². The zero-order valence-electron chi connectivity index (χ0n) is 12.8. The van der Waals surface area contributed by atoms with Crippen LogP contribution in [0.1, 0.15) is 47.5 Å². The van der Waals surface area contributed by atoms with Crippen molar-refractivity contribution in [3.8, 4) is 0 Å². The van der Waals surface area contributed by atoms with Crippen LogP contribution < -0.4 is 0 Å². The molecule has 4 nitrogen and oxygen atoms in total. The summed E-state index contributed by atoms with van der Waals surface area (Å²) in [5, 5.41) is 10.2. The molecule has 0 aromatic carbocycles. The maximum absolute atomic E-state index is 12.5.